The lowest BCUT2D eigenvalue weighted by atomic mass is 10.2. The van der Waals surface area contributed by atoms with Crippen LogP contribution in [-0.4, -0.2) is 25.2 Å². The first-order chi connectivity index (χ1) is 12.0. The van der Waals surface area contributed by atoms with Crippen molar-refractivity contribution < 1.29 is 14.3 Å². The number of benzene rings is 2. The molecule has 0 bridgehead atoms. The highest BCUT2D eigenvalue weighted by Gasteiger charge is 2.08. The van der Waals surface area contributed by atoms with Gasteiger partial charge in [0.1, 0.15) is 18.1 Å². The van der Waals surface area contributed by atoms with Crippen LogP contribution in [0.2, 0.25) is 0 Å². The van der Waals surface area contributed by atoms with E-state index in [9.17, 15) is 4.79 Å². The molecule has 134 valence electrons. The Bertz CT molecular complexity index is 650. The summed E-state index contributed by atoms with van der Waals surface area (Å²) in [7, 11) is 0. The van der Waals surface area contributed by atoms with Crippen LogP contribution < -0.4 is 14.8 Å². The minimum absolute atomic E-state index is 0.0208. The van der Waals surface area contributed by atoms with E-state index in [4.69, 9.17) is 9.47 Å². The zero-order valence-electron chi connectivity index (χ0n) is 15.2. The van der Waals surface area contributed by atoms with E-state index in [0.717, 1.165) is 11.5 Å². The van der Waals surface area contributed by atoms with Crippen LogP contribution in [0.3, 0.4) is 0 Å². The van der Waals surface area contributed by atoms with E-state index < -0.39 is 0 Å². The third-order valence-corrected chi connectivity index (χ3v) is 3.77. The molecule has 0 saturated carbocycles. The zero-order chi connectivity index (χ0) is 18.1. The number of nitrogens with one attached hydrogen (secondary N) is 1. The number of carbonyl (C=O) groups excluding carboxylic acids is 1. The summed E-state index contributed by atoms with van der Waals surface area (Å²) < 4.78 is 11.3. The molecular formula is C21H27NO3. The molecule has 0 spiro atoms. The molecule has 4 nitrogen and oxygen atoms in total. The Morgan fingerprint density at radius 2 is 1.44 bits per heavy atom. The maximum absolute atomic E-state index is 11.9. The largest absolute Gasteiger partial charge is 0.494 e. The van der Waals surface area contributed by atoms with Crippen LogP contribution in [0, 0.1) is 13.8 Å². The van der Waals surface area contributed by atoms with E-state index in [-0.39, 0.29) is 11.9 Å². The van der Waals surface area contributed by atoms with Crippen LogP contribution in [-0.2, 0) is 4.79 Å². The summed E-state index contributed by atoms with van der Waals surface area (Å²) in [6, 6.07) is 15.8. The van der Waals surface area contributed by atoms with Crippen molar-refractivity contribution >= 4 is 5.91 Å². The molecular weight excluding hydrogens is 314 g/mol. The van der Waals surface area contributed by atoms with Gasteiger partial charge in [0.2, 0.25) is 5.91 Å². The quantitative estimate of drug-likeness (QED) is 0.700. The molecule has 0 heterocycles. The first-order valence-electron chi connectivity index (χ1n) is 8.71. The summed E-state index contributed by atoms with van der Waals surface area (Å²) in [4.78, 5) is 11.9. The molecule has 0 aromatic heterocycles. The predicted octanol–water partition coefficient (Wildman–Crippen LogP) is 4.05. The Morgan fingerprint density at radius 3 is 2.00 bits per heavy atom. The van der Waals surface area contributed by atoms with E-state index >= 15 is 0 Å². The van der Waals surface area contributed by atoms with Crippen LogP contribution >= 0.6 is 0 Å². The monoisotopic (exact) mass is 341 g/mol. The SMILES string of the molecule is Cc1ccc(OCCCC(=O)N[C@H](C)COc2ccc(C)cc2)cc1. The lowest BCUT2D eigenvalue weighted by Gasteiger charge is -2.15. The molecule has 0 aliphatic rings. The number of amides is 1. The van der Waals surface area contributed by atoms with Gasteiger partial charge < -0.3 is 14.8 Å². The van der Waals surface area contributed by atoms with E-state index in [2.05, 4.69) is 5.32 Å². The fourth-order valence-corrected chi connectivity index (χ4v) is 2.30. The second-order valence-electron chi connectivity index (χ2n) is 6.36. The molecule has 2 rings (SSSR count). The molecule has 25 heavy (non-hydrogen) atoms. The molecule has 0 fully saturated rings. The molecule has 1 amide bonds. The van der Waals surface area contributed by atoms with E-state index in [1.54, 1.807) is 0 Å². The first-order valence-corrected chi connectivity index (χ1v) is 8.71. The van der Waals surface area contributed by atoms with Crippen molar-refractivity contribution in [2.45, 2.75) is 39.7 Å². The van der Waals surface area contributed by atoms with Gasteiger partial charge in [0.05, 0.1) is 12.6 Å². The molecule has 2 aromatic rings. The lowest BCUT2D eigenvalue weighted by molar-refractivity contribution is -0.122. The molecule has 1 N–H and O–H groups in total. The number of hydrogen-bond acceptors (Lipinski definition) is 3. The predicted molar refractivity (Wildman–Crippen MR) is 100 cm³/mol. The van der Waals surface area contributed by atoms with Crippen molar-refractivity contribution in [2.24, 2.45) is 0 Å². The molecule has 0 aliphatic heterocycles. The van der Waals surface area contributed by atoms with Crippen LogP contribution in [0.25, 0.3) is 0 Å². The van der Waals surface area contributed by atoms with Crippen LogP contribution in [0.1, 0.15) is 30.9 Å². The summed E-state index contributed by atoms with van der Waals surface area (Å²) in [5.74, 6) is 1.68. The van der Waals surface area contributed by atoms with Gasteiger partial charge >= 0.3 is 0 Å². The van der Waals surface area contributed by atoms with Gasteiger partial charge in [0, 0.05) is 6.42 Å². The third-order valence-electron chi connectivity index (χ3n) is 3.77. The molecule has 0 radical (unpaired) electrons. The number of aryl methyl sites for hydroxylation is 2. The second-order valence-corrected chi connectivity index (χ2v) is 6.36. The van der Waals surface area contributed by atoms with Gasteiger partial charge in [-0.3, -0.25) is 4.79 Å². The first kappa shape index (κ1) is 18.8. The Kier molecular flexibility index (Phi) is 7.33. The average Bonchev–Trinajstić information content (AvgIpc) is 2.60. The number of carbonyl (C=O) groups is 1. The fraction of sp³-hybridized carbons (Fsp3) is 0.381. The Morgan fingerprint density at radius 1 is 0.920 bits per heavy atom. The Hall–Kier alpha value is -2.49. The van der Waals surface area contributed by atoms with Crippen molar-refractivity contribution in [3.8, 4) is 11.5 Å². The standard InChI is InChI=1S/C21H27NO3/c1-16-6-10-19(11-7-16)24-14-4-5-21(23)22-18(3)15-25-20-12-8-17(2)9-13-20/h6-13,18H,4-5,14-15H2,1-3H3,(H,22,23)/t18-/m1/s1. The van der Waals surface area contributed by atoms with Crippen LogP contribution in [0.5, 0.6) is 11.5 Å². The van der Waals surface area contributed by atoms with Crippen molar-refractivity contribution in [3.63, 3.8) is 0 Å². The molecule has 0 aliphatic carbocycles. The highest BCUT2D eigenvalue weighted by Crippen LogP contribution is 2.12. The zero-order valence-corrected chi connectivity index (χ0v) is 15.2. The smallest absolute Gasteiger partial charge is 0.220 e. The number of ether oxygens (including phenoxy) is 2. The molecule has 4 heteroatoms. The highest BCUT2D eigenvalue weighted by molar-refractivity contribution is 5.76. The van der Waals surface area contributed by atoms with Crippen molar-refractivity contribution in [1.29, 1.82) is 0 Å². The van der Waals surface area contributed by atoms with Gasteiger partial charge in [-0.25, -0.2) is 0 Å². The van der Waals surface area contributed by atoms with Gasteiger partial charge in [-0.1, -0.05) is 35.4 Å². The highest BCUT2D eigenvalue weighted by atomic mass is 16.5. The van der Waals surface area contributed by atoms with Gasteiger partial charge in [0.15, 0.2) is 0 Å². The number of hydrogen-bond donors (Lipinski definition) is 1. The van der Waals surface area contributed by atoms with Gasteiger partial charge in [-0.15, -0.1) is 0 Å². The van der Waals surface area contributed by atoms with Crippen LogP contribution in [0.15, 0.2) is 48.5 Å². The van der Waals surface area contributed by atoms with Gasteiger partial charge in [-0.05, 0) is 51.5 Å². The summed E-state index contributed by atoms with van der Waals surface area (Å²) >= 11 is 0. The van der Waals surface area contributed by atoms with Crippen molar-refractivity contribution in [3.05, 3.63) is 59.7 Å². The second kappa shape index (κ2) is 9.72. The normalized spacial score (nSPS) is 11.6. The molecule has 1 atom stereocenters. The van der Waals surface area contributed by atoms with Crippen molar-refractivity contribution in [2.75, 3.05) is 13.2 Å². The maximum Gasteiger partial charge on any atom is 0.220 e. The van der Waals surface area contributed by atoms with Crippen LogP contribution in [0.4, 0.5) is 0 Å². The lowest BCUT2D eigenvalue weighted by Crippen LogP contribution is -2.36. The topological polar surface area (TPSA) is 47.6 Å². The summed E-state index contributed by atoms with van der Waals surface area (Å²) in [6.07, 6.45) is 1.13. The van der Waals surface area contributed by atoms with Crippen molar-refractivity contribution in [1.82, 2.24) is 5.32 Å². The number of rotatable bonds is 9. The minimum Gasteiger partial charge on any atom is -0.494 e. The summed E-state index contributed by atoms with van der Waals surface area (Å²) in [6.45, 7) is 7.00. The maximum atomic E-state index is 11.9. The summed E-state index contributed by atoms with van der Waals surface area (Å²) in [5.41, 5.74) is 2.40. The fourth-order valence-electron chi connectivity index (χ4n) is 2.30. The molecule has 0 unspecified atom stereocenters. The minimum atomic E-state index is -0.0354. The Labute approximate surface area is 150 Å². The third kappa shape index (κ3) is 7.29. The summed E-state index contributed by atoms with van der Waals surface area (Å²) in [5, 5.41) is 2.95. The molecule has 0 saturated heterocycles. The van der Waals surface area contributed by atoms with E-state index in [1.807, 2.05) is 69.3 Å². The van der Waals surface area contributed by atoms with Gasteiger partial charge in [0.25, 0.3) is 0 Å². The van der Waals surface area contributed by atoms with E-state index in [0.29, 0.717) is 26.1 Å². The molecule has 2 aromatic carbocycles. The Balaban J connectivity index is 1.59. The van der Waals surface area contributed by atoms with Gasteiger partial charge in [-0.2, -0.15) is 0 Å². The van der Waals surface area contributed by atoms with E-state index in [1.165, 1.54) is 11.1 Å². The average molecular weight is 341 g/mol.